The van der Waals surface area contributed by atoms with Gasteiger partial charge < -0.3 is 24.8 Å². The number of carbonyl (C=O) groups is 1. The summed E-state index contributed by atoms with van der Waals surface area (Å²) >= 11 is 1.39. The zero-order valence-electron chi connectivity index (χ0n) is 13.3. The van der Waals surface area contributed by atoms with Crippen LogP contribution in [0.3, 0.4) is 0 Å². The molecule has 0 aliphatic carbocycles. The number of hydrogen-bond donors (Lipinski definition) is 2. The van der Waals surface area contributed by atoms with Gasteiger partial charge in [-0.15, -0.1) is 11.3 Å². The number of ether oxygens (including phenoxy) is 3. The van der Waals surface area contributed by atoms with Crippen molar-refractivity contribution in [2.75, 3.05) is 45.3 Å². The van der Waals surface area contributed by atoms with Gasteiger partial charge in [-0.25, -0.2) is 4.98 Å². The first-order valence-electron chi connectivity index (χ1n) is 7.61. The van der Waals surface area contributed by atoms with Crippen molar-refractivity contribution in [3.63, 3.8) is 0 Å². The lowest BCUT2D eigenvalue weighted by molar-refractivity contribution is -0.115. The first kappa shape index (κ1) is 16.7. The van der Waals surface area contributed by atoms with E-state index in [1.165, 1.54) is 11.3 Å². The summed E-state index contributed by atoms with van der Waals surface area (Å²) in [6, 6.07) is 5.71. The van der Waals surface area contributed by atoms with Gasteiger partial charge in [0.25, 0.3) is 0 Å². The van der Waals surface area contributed by atoms with E-state index >= 15 is 0 Å². The highest BCUT2D eigenvalue weighted by molar-refractivity contribution is 7.14. The summed E-state index contributed by atoms with van der Waals surface area (Å²) in [6.07, 6.45) is 0. The first-order chi connectivity index (χ1) is 11.8. The summed E-state index contributed by atoms with van der Waals surface area (Å²) in [4.78, 5) is 16.3. The third-order valence-corrected chi connectivity index (χ3v) is 4.11. The Morgan fingerprint density at radius 2 is 2.17 bits per heavy atom. The van der Waals surface area contributed by atoms with Crippen LogP contribution in [0.1, 0.15) is 0 Å². The zero-order chi connectivity index (χ0) is 16.8. The lowest BCUT2D eigenvalue weighted by Crippen LogP contribution is -2.30. The van der Waals surface area contributed by atoms with E-state index in [9.17, 15) is 4.79 Å². The Morgan fingerprint density at radius 3 is 3.00 bits per heavy atom. The number of nitrogens with zero attached hydrogens (tertiary/aromatic N) is 1. The van der Waals surface area contributed by atoms with Crippen molar-refractivity contribution in [2.24, 2.45) is 0 Å². The second-order valence-corrected chi connectivity index (χ2v) is 5.97. The second-order valence-electron chi connectivity index (χ2n) is 5.11. The molecule has 128 valence electrons. The van der Waals surface area contributed by atoms with Gasteiger partial charge in [0.2, 0.25) is 5.91 Å². The summed E-state index contributed by atoms with van der Waals surface area (Å²) in [5, 5.41) is 8.24. The molecule has 1 aliphatic heterocycles. The highest BCUT2D eigenvalue weighted by atomic mass is 32.1. The SMILES string of the molecule is COCCNCC(=O)Nc1nc(-c2ccc3c(c2)OCCO3)cs1. The topological polar surface area (TPSA) is 81.7 Å². The minimum absolute atomic E-state index is 0.130. The van der Waals surface area contributed by atoms with Crippen LogP contribution in [0, 0.1) is 0 Å². The second kappa shape index (κ2) is 8.09. The normalized spacial score (nSPS) is 12.9. The number of benzene rings is 1. The van der Waals surface area contributed by atoms with Crippen molar-refractivity contribution in [1.82, 2.24) is 10.3 Å². The maximum atomic E-state index is 11.8. The Hall–Kier alpha value is -2.16. The van der Waals surface area contributed by atoms with Crippen LogP contribution in [0.5, 0.6) is 11.5 Å². The first-order valence-corrected chi connectivity index (χ1v) is 8.49. The number of hydrogen-bond acceptors (Lipinski definition) is 7. The van der Waals surface area contributed by atoms with Crippen LogP contribution < -0.4 is 20.1 Å². The number of nitrogens with one attached hydrogen (secondary N) is 2. The number of amides is 1. The average Bonchev–Trinajstić information content (AvgIpc) is 3.07. The van der Waals surface area contributed by atoms with Gasteiger partial charge in [-0.1, -0.05) is 0 Å². The molecule has 0 saturated carbocycles. The fraction of sp³-hybridized carbons (Fsp3) is 0.375. The minimum atomic E-state index is -0.130. The Kier molecular flexibility index (Phi) is 5.63. The van der Waals surface area contributed by atoms with Crippen molar-refractivity contribution >= 4 is 22.4 Å². The fourth-order valence-electron chi connectivity index (χ4n) is 2.21. The van der Waals surface area contributed by atoms with Crippen molar-refractivity contribution < 1.29 is 19.0 Å². The molecule has 1 aromatic heterocycles. The fourth-order valence-corrected chi connectivity index (χ4v) is 2.94. The summed E-state index contributed by atoms with van der Waals surface area (Å²) in [5.74, 6) is 1.34. The van der Waals surface area contributed by atoms with Gasteiger partial charge in [-0.2, -0.15) is 0 Å². The van der Waals surface area contributed by atoms with E-state index in [1.807, 2.05) is 23.6 Å². The monoisotopic (exact) mass is 349 g/mol. The molecular formula is C16H19N3O4S. The zero-order valence-corrected chi connectivity index (χ0v) is 14.1. The van der Waals surface area contributed by atoms with E-state index in [0.29, 0.717) is 31.5 Å². The summed E-state index contributed by atoms with van der Waals surface area (Å²) in [7, 11) is 1.62. The van der Waals surface area contributed by atoms with Gasteiger partial charge in [0, 0.05) is 24.6 Å². The Balaban J connectivity index is 1.60. The third-order valence-electron chi connectivity index (χ3n) is 3.36. The van der Waals surface area contributed by atoms with E-state index < -0.39 is 0 Å². The van der Waals surface area contributed by atoms with Crippen molar-refractivity contribution in [1.29, 1.82) is 0 Å². The molecule has 8 heteroatoms. The van der Waals surface area contributed by atoms with E-state index in [2.05, 4.69) is 15.6 Å². The molecule has 2 N–H and O–H groups in total. The molecule has 2 heterocycles. The standard InChI is InChI=1S/C16H19N3O4S/c1-21-5-4-17-9-15(20)19-16-18-12(10-24-16)11-2-3-13-14(8-11)23-7-6-22-13/h2-3,8,10,17H,4-7,9H2,1H3,(H,18,19,20). The molecule has 0 unspecified atom stereocenters. The molecule has 0 atom stereocenters. The molecule has 2 aromatic rings. The lowest BCUT2D eigenvalue weighted by Gasteiger charge is -2.18. The van der Waals surface area contributed by atoms with Crippen LogP contribution in [0.15, 0.2) is 23.6 Å². The predicted octanol–water partition coefficient (Wildman–Crippen LogP) is 1.76. The molecule has 1 amide bonds. The molecule has 1 aliphatic rings. The number of rotatable bonds is 7. The Morgan fingerprint density at radius 1 is 1.33 bits per heavy atom. The van der Waals surface area contributed by atoms with E-state index in [0.717, 1.165) is 22.8 Å². The maximum absolute atomic E-state index is 11.8. The highest BCUT2D eigenvalue weighted by Crippen LogP contribution is 2.35. The summed E-state index contributed by atoms with van der Waals surface area (Å²) in [6.45, 7) is 2.54. The Labute approximate surface area is 143 Å². The van der Waals surface area contributed by atoms with Crippen LogP contribution in [0.2, 0.25) is 0 Å². The van der Waals surface area contributed by atoms with Crippen LogP contribution in [0.4, 0.5) is 5.13 Å². The molecule has 1 aromatic carbocycles. The summed E-state index contributed by atoms with van der Waals surface area (Å²) in [5.41, 5.74) is 1.72. The van der Waals surface area contributed by atoms with Crippen LogP contribution in [-0.4, -0.2) is 50.9 Å². The summed E-state index contributed by atoms with van der Waals surface area (Å²) < 4.78 is 16.0. The van der Waals surface area contributed by atoms with E-state index in [-0.39, 0.29) is 12.5 Å². The van der Waals surface area contributed by atoms with Crippen LogP contribution in [0.25, 0.3) is 11.3 Å². The highest BCUT2D eigenvalue weighted by Gasteiger charge is 2.14. The molecule has 7 nitrogen and oxygen atoms in total. The number of thiazole rings is 1. The number of anilines is 1. The smallest absolute Gasteiger partial charge is 0.240 e. The lowest BCUT2D eigenvalue weighted by atomic mass is 10.1. The molecule has 0 spiro atoms. The molecular weight excluding hydrogens is 330 g/mol. The third kappa shape index (κ3) is 4.22. The van der Waals surface area contributed by atoms with Gasteiger partial charge in [-0.3, -0.25) is 4.79 Å². The van der Waals surface area contributed by atoms with Crippen LogP contribution in [-0.2, 0) is 9.53 Å². The van der Waals surface area contributed by atoms with Gasteiger partial charge in [-0.05, 0) is 18.2 Å². The van der Waals surface area contributed by atoms with Gasteiger partial charge in [0.05, 0.1) is 18.8 Å². The van der Waals surface area contributed by atoms with Crippen molar-refractivity contribution in [2.45, 2.75) is 0 Å². The Bertz CT molecular complexity index is 704. The molecule has 24 heavy (non-hydrogen) atoms. The molecule has 0 bridgehead atoms. The number of aromatic nitrogens is 1. The number of methoxy groups -OCH3 is 1. The van der Waals surface area contributed by atoms with Gasteiger partial charge in [0.1, 0.15) is 13.2 Å². The molecule has 0 saturated heterocycles. The van der Waals surface area contributed by atoms with Crippen molar-refractivity contribution in [3.8, 4) is 22.8 Å². The van der Waals surface area contributed by atoms with E-state index in [1.54, 1.807) is 7.11 Å². The van der Waals surface area contributed by atoms with Crippen LogP contribution >= 0.6 is 11.3 Å². The number of carbonyl (C=O) groups excluding carboxylic acids is 1. The molecule has 0 radical (unpaired) electrons. The predicted molar refractivity (Wildman–Crippen MR) is 91.9 cm³/mol. The maximum Gasteiger partial charge on any atom is 0.240 e. The average molecular weight is 349 g/mol. The minimum Gasteiger partial charge on any atom is -0.486 e. The molecule has 3 rings (SSSR count). The van der Waals surface area contributed by atoms with Gasteiger partial charge >= 0.3 is 0 Å². The van der Waals surface area contributed by atoms with Crippen molar-refractivity contribution in [3.05, 3.63) is 23.6 Å². The molecule has 0 fully saturated rings. The number of fused-ring (bicyclic) bond motifs is 1. The quantitative estimate of drug-likeness (QED) is 0.741. The van der Waals surface area contributed by atoms with Gasteiger partial charge in [0.15, 0.2) is 16.6 Å². The van der Waals surface area contributed by atoms with E-state index in [4.69, 9.17) is 14.2 Å². The largest absolute Gasteiger partial charge is 0.486 e.